The molecule has 0 saturated carbocycles. The second-order valence-corrected chi connectivity index (χ2v) is 4.02. The van der Waals surface area contributed by atoms with Crippen molar-refractivity contribution >= 4 is 17.6 Å². The van der Waals surface area contributed by atoms with Crippen LogP contribution in [-0.4, -0.2) is 19.0 Å². The lowest BCUT2D eigenvalue weighted by molar-refractivity contribution is -0.255. The van der Waals surface area contributed by atoms with Gasteiger partial charge in [0.05, 0.1) is 5.97 Å². The Morgan fingerprint density at radius 2 is 1.90 bits per heavy atom. The van der Waals surface area contributed by atoms with Crippen molar-refractivity contribution in [1.82, 2.24) is 0 Å². The molecule has 0 fully saturated rings. The minimum atomic E-state index is -1.27. The van der Waals surface area contributed by atoms with Gasteiger partial charge in [0.15, 0.2) is 5.76 Å². The maximum absolute atomic E-state index is 11.9. The van der Waals surface area contributed by atoms with Crippen LogP contribution in [0.4, 0.5) is 5.69 Å². The first-order valence-corrected chi connectivity index (χ1v) is 5.80. The van der Waals surface area contributed by atoms with Gasteiger partial charge in [-0.3, -0.25) is 4.79 Å². The summed E-state index contributed by atoms with van der Waals surface area (Å²) in [5.41, 5.74) is 0.507. The standard InChI is InChI=1S/C14H13NO5/c1-19-8-11-6-7-12(20-11)13(16)15-10-4-2-9(3-5-10)14(17)18/h2-7H,8H2,1H3,(H,15,16)(H,17,18)/p-1. The van der Waals surface area contributed by atoms with Crippen molar-refractivity contribution in [3.05, 3.63) is 53.5 Å². The molecule has 2 aromatic rings. The molecule has 1 N–H and O–H groups in total. The van der Waals surface area contributed by atoms with E-state index >= 15 is 0 Å². The number of carboxylic acid groups (broad SMARTS) is 1. The number of hydrogen-bond donors (Lipinski definition) is 1. The zero-order valence-electron chi connectivity index (χ0n) is 10.7. The first-order valence-electron chi connectivity index (χ1n) is 5.80. The highest BCUT2D eigenvalue weighted by molar-refractivity contribution is 6.02. The summed E-state index contributed by atoms with van der Waals surface area (Å²) in [4.78, 5) is 22.5. The molecule has 0 saturated heterocycles. The van der Waals surface area contributed by atoms with Gasteiger partial charge in [0.1, 0.15) is 12.4 Å². The number of hydrogen-bond acceptors (Lipinski definition) is 5. The minimum absolute atomic E-state index is 0.0448. The van der Waals surface area contributed by atoms with Crippen LogP contribution < -0.4 is 10.4 Å². The van der Waals surface area contributed by atoms with Gasteiger partial charge >= 0.3 is 0 Å². The Balaban J connectivity index is 2.04. The van der Waals surface area contributed by atoms with Crippen molar-refractivity contribution in [3.63, 3.8) is 0 Å². The average molecular weight is 274 g/mol. The SMILES string of the molecule is COCc1ccc(C(=O)Nc2ccc(C(=O)[O-])cc2)o1. The number of carboxylic acids is 1. The van der Waals surface area contributed by atoms with Gasteiger partial charge in [0.25, 0.3) is 5.91 Å². The summed E-state index contributed by atoms with van der Waals surface area (Å²) in [6.45, 7) is 0.285. The quantitative estimate of drug-likeness (QED) is 0.879. The number of aromatic carboxylic acids is 1. The van der Waals surface area contributed by atoms with E-state index in [0.717, 1.165) is 0 Å². The van der Waals surface area contributed by atoms with Crippen molar-refractivity contribution in [3.8, 4) is 0 Å². The molecule has 6 nitrogen and oxygen atoms in total. The van der Waals surface area contributed by atoms with Crippen molar-refractivity contribution in [1.29, 1.82) is 0 Å². The number of rotatable bonds is 5. The topological polar surface area (TPSA) is 91.6 Å². The third kappa shape index (κ3) is 3.24. The maximum atomic E-state index is 11.9. The summed E-state index contributed by atoms with van der Waals surface area (Å²) in [5.74, 6) is -0.988. The number of ether oxygens (including phenoxy) is 1. The van der Waals surface area contributed by atoms with Crippen LogP contribution in [-0.2, 0) is 11.3 Å². The van der Waals surface area contributed by atoms with Crippen molar-refractivity contribution in [2.75, 3.05) is 12.4 Å². The molecule has 1 aromatic heterocycles. The van der Waals surface area contributed by atoms with Gasteiger partial charge in [-0.1, -0.05) is 12.1 Å². The van der Waals surface area contributed by atoms with Crippen LogP contribution in [0.25, 0.3) is 0 Å². The summed E-state index contributed by atoms with van der Waals surface area (Å²) in [5, 5.41) is 13.2. The van der Waals surface area contributed by atoms with E-state index in [1.165, 1.54) is 31.4 Å². The number of carbonyl (C=O) groups excluding carboxylic acids is 2. The summed E-state index contributed by atoms with van der Waals surface area (Å²) < 4.78 is 10.2. The zero-order valence-corrected chi connectivity index (χ0v) is 10.7. The molecule has 104 valence electrons. The fourth-order valence-corrected chi connectivity index (χ4v) is 1.60. The fraction of sp³-hybridized carbons (Fsp3) is 0.143. The normalized spacial score (nSPS) is 10.2. The third-order valence-corrected chi connectivity index (χ3v) is 2.55. The van der Waals surface area contributed by atoms with Crippen LogP contribution in [0.3, 0.4) is 0 Å². The number of benzene rings is 1. The molecule has 0 aliphatic carbocycles. The number of carbonyl (C=O) groups is 2. The van der Waals surface area contributed by atoms with Crippen LogP contribution in [0.5, 0.6) is 0 Å². The Bertz CT molecular complexity index is 615. The molecule has 0 atom stereocenters. The highest BCUT2D eigenvalue weighted by Crippen LogP contribution is 2.13. The van der Waals surface area contributed by atoms with Crippen LogP contribution in [0.1, 0.15) is 26.7 Å². The van der Waals surface area contributed by atoms with Gasteiger partial charge in [-0.15, -0.1) is 0 Å². The molecule has 0 aliphatic rings. The molecule has 1 aromatic carbocycles. The number of methoxy groups -OCH3 is 1. The molecule has 2 rings (SSSR count). The van der Waals surface area contributed by atoms with Crippen molar-refractivity contribution in [2.24, 2.45) is 0 Å². The first kappa shape index (κ1) is 13.8. The van der Waals surface area contributed by atoms with E-state index in [9.17, 15) is 14.7 Å². The molecule has 0 bridgehead atoms. The van der Waals surface area contributed by atoms with Crippen molar-refractivity contribution < 1.29 is 23.8 Å². The summed E-state index contributed by atoms with van der Waals surface area (Å²) >= 11 is 0. The van der Waals surface area contributed by atoms with E-state index in [1.54, 1.807) is 12.1 Å². The second kappa shape index (κ2) is 6.03. The van der Waals surface area contributed by atoms with E-state index < -0.39 is 11.9 Å². The Labute approximate surface area is 115 Å². The third-order valence-electron chi connectivity index (χ3n) is 2.55. The zero-order chi connectivity index (χ0) is 14.5. The lowest BCUT2D eigenvalue weighted by Gasteiger charge is -2.05. The molecule has 0 radical (unpaired) electrons. The highest BCUT2D eigenvalue weighted by atomic mass is 16.5. The summed E-state index contributed by atoms with van der Waals surface area (Å²) in [6, 6.07) is 8.84. The number of amides is 1. The maximum Gasteiger partial charge on any atom is 0.291 e. The molecule has 0 spiro atoms. The lowest BCUT2D eigenvalue weighted by Crippen LogP contribution is -2.22. The van der Waals surface area contributed by atoms with Crippen LogP contribution in [0.15, 0.2) is 40.8 Å². The number of nitrogens with one attached hydrogen (secondary N) is 1. The molecule has 1 heterocycles. The summed E-state index contributed by atoms with van der Waals surface area (Å²) in [6.07, 6.45) is 0. The van der Waals surface area contributed by atoms with E-state index in [2.05, 4.69) is 5.32 Å². The molecule has 0 unspecified atom stereocenters. The molecule has 6 heteroatoms. The van der Waals surface area contributed by atoms with Gasteiger partial charge in [0.2, 0.25) is 0 Å². The van der Waals surface area contributed by atoms with E-state index in [0.29, 0.717) is 11.4 Å². The van der Waals surface area contributed by atoms with E-state index in [4.69, 9.17) is 9.15 Å². The highest BCUT2D eigenvalue weighted by Gasteiger charge is 2.11. The first-order chi connectivity index (χ1) is 9.60. The average Bonchev–Trinajstić information content (AvgIpc) is 2.88. The van der Waals surface area contributed by atoms with E-state index in [1.807, 2.05) is 0 Å². The van der Waals surface area contributed by atoms with E-state index in [-0.39, 0.29) is 17.9 Å². The molecular weight excluding hydrogens is 262 g/mol. The largest absolute Gasteiger partial charge is 0.545 e. The molecule has 1 amide bonds. The number of anilines is 1. The predicted octanol–water partition coefficient (Wildman–Crippen LogP) is 1.04. The number of furan rings is 1. The lowest BCUT2D eigenvalue weighted by atomic mass is 10.2. The molecule has 20 heavy (non-hydrogen) atoms. The Morgan fingerprint density at radius 3 is 2.50 bits per heavy atom. The van der Waals surface area contributed by atoms with Gasteiger partial charge in [-0.05, 0) is 29.8 Å². The van der Waals surface area contributed by atoms with Crippen molar-refractivity contribution in [2.45, 2.75) is 6.61 Å². The molecular formula is C14H12NO5-. The Kier molecular flexibility index (Phi) is 4.17. The van der Waals surface area contributed by atoms with Crippen LogP contribution in [0.2, 0.25) is 0 Å². The molecule has 0 aliphatic heterocycles. The predicted molar refractivity (Wildman–Crippen MR) is 68.1 cm³/mol. The Morgan fingerprint density at radius 1 is 1.20 bits per heavy atom. The van der Waals surface area contributed by atoms with Gasteiger partial charge in [-0.25, -0.2) is 0 Å². The van der Waals surface area contributed by atoms with Gasteiger partial charge < -0.3 is 24.4 Å². The Hall–Kier alpha value is -2.60. The minimum Gasteiger partial charge on any atom is -0.545 e. The van der Waals surface area contributed by atoms with Crippen LogP contribution >= 0.6 is 0 Å². The summed E-state index contributed by atoms with van der Waals surface area (Å²) in [7, 11) is 1.53. The smallest absolute Gasteiger partial charge is 0.291 e. The second-order valence-electron chi connectivity index (χ2n) is 4.02. The van der Waals surface area contributed by atoms with Crippen LogP contribution in [0, 0.1) is 0 Å². The monoisotopic (exact) mass is 274 g/mol. The fourth-order valence-electron chi connectivity index (χ4n) is 1.60. The van der Waals surface area contributed by atoms with Gasteiger partial charge in [0, 0.05) is 12.8 Å². The van der Waals surface area contributed by atoms with Gasteiger partial charge in [-0.2, -0.15) is 0 Å².